The Labute approximate surface area is 311 Å². The molecule has 0 aromatic heterocycles. The summed E-state index contributed by atoms with van der Waals surface area (Å²) < 4.78 is 0. The minimum Gasteiger partial charge on any atom is -0.321 e. The first kappa shape index (κ1) is 31.7. The van der Waals surface area contributed by atoms with Crippen LogP contribution in [0.4, 0.5) is 5.69 Å². The molecule has 0 fully saturated rings. The Kier molecular flexibility index (Phi) is 7.92. The lowest BCUT2D eigenvalue weighted by Gasteiger charge is -2.38. The largest absolute Gasteiger partial charge is 0.321 e. The van der Waals surface area contributed by atoms with Crippen molar-refractivity contribution in [2.24, 2.45) is 11.7 Å². The normalized spacial score (nSPS) is 20.8. The summed E-state index contributed by atoms with van der Waals surface area (Å²) in [6.07, 6.45) is 17.2. The summed E-state index contributed by atoms with van der Waals surface area (Å²) in [6, 6.07) is 52.8. The lowest BCUT2D eigenvalue weighted by Crippen LogP contribution is -2.42. The molecular weight excluding hydrogens is 641 g/mol. The Morgan fingerprint density at radius 2 is 1.42 bits per heavy atom. The molecule has 1 heterocycles. The summed E-state index contributed by atoms with van der Waals surface area (Å²) in [7, 11) is 0. The molecule has 0 amide bonds. The van der Waals surface area contributed by atoms with E-state index in [1.807, 2.05) is 6.07 Å². The van der Waals surface area contributed by atoms with Gasteiger partial charge in [-0.1, -0.05) is 175 Å². The van der Waals surface area contributed by atoms with Crippen LogP contribution in [-0.4, -0.2) is 0 Å². The van der Waals surface area contributed by atoms with E-state index in [0.29, 0.717) is 5.92 Å². The van der Waals surface area contributed by atoms with Gasteiger partial charge in [0.25, 0.3) is 0 Å². The molecule has 4 unspecified atom stereocenters. The standard InChI is InChI=1S/C51H42N2/c52-47(37-15-2-1-3-16-37)33-38(41-23-12-17-35-13-4-6-18-40(35)41)28-25-34-26-30-39(31-27-34)53-48-24-11-10-22-46(48)50-49-42-19-7-5-14-36(42)29-32-44(49)43-20-8-9-21-45(43)51(50)53/h1-26,28,30-31,33-34,47,49-50H,27,29,32,52H2/b28-25+,38-33+. The fraction of sp³-hybridized carbons (Fsp3) is 0.137. The molecule has 1 aliphatic heterocycles. The number of nitrogens with two attached hydrogens (primary N) is 1. The molecule has 0 spiro atoms. The molecule has 3 aliphatic carbocycles. The third-order valence-corrected chi connectivity index (χ3v) is 11.9. The molecule has 2 N–H and O–H groups in total. The fourth-order valence-corrected chi connectivity index (χ4v) is 9.46. The topological polar surface area (TPSA) is 29.3 Å². The van der Waals surface area contributed by atoms with Crippen LogP contribution in [0.25, 0.3) is 27.6 Å². The van der Waals surface area contributed by atoms with Crippen LogP contribution >= 0.6 is 0 Å². The van der Waals surface area contributed by atoms with Gasteiger partial charge in [0.05, 0.1) is 0 Å². The van der Waals surface area contributed by atoms with Crippen LogP contribution < -0.4 is 21.1 Å². The Morgan fingerprint density at radius 3 is 2.28 bits per heavy atom. The van der Waals surface area contributed by atoms with E-state index in [1.165, 1.54) is 60.5 Å². The molecule has 0 bridgehead atoms. The number of para-hydroxylation sites is 1. The molecule has 2 heteroatoms. The molecule has 0 saturated heterocycles. The van der Waals surface area contributed by atoms with Crippen molar-refractivity contribution in [2.75, 3.05) is 4.90 Å². The van der Waals surface area contributed by atoms with Gasteiger partial charge in [-0.3, -0.25) is 0 Å². The molecule has 6 aromatic rings. The number of nitrogens with zero attached hydrogens (tertiary/aromatic N) is 1. The van der Waals surface area contributed by atoms with Crippen LogP contribution in [0.2, 0.25) is 0 Å². The van der Waals surface area contributed by atoms with E-state index in [9.17, 15) is 0 Å². The van der Waals surface area contributed by atoms with Crippen LogP contribution in [0, 0.1) is 5.92 Å². The van der Waals surface area contributed by atoms with Gasteiger partial charge in [0.1, 0.15) is 0 Å². The number of anilines is 1. The number of fused-ring (bicyclic) bond motifs is 9. The van der Waals surface area contributed by atoms with Crippen LogP contribution in [0.3, 0.4) is 0 Å². The summed E-state index contributed by atoms with van der Waals surface area (Å²) in [6.45, 7) is 0. The zero-order valence-electron chi connectivity index (χ0n) is 29.8. The SMILES string of the molecule is NC(/C=C(\C=C\C1C=CC(N2C3=c4ccccc4=C4CCc5ccccc5C4C3c3ccccc32)=CC1)c1cccc2ccccc12)c1ccccc1. The maximum atomic E-state index is 6.82. The summed E-state index contributed by atoms with van der Waals surface area (Å²) in [5, 5.41) is 5.28. The number of hydrogen-bond acceptors (Lipinski definition) is 2. The third kappa shape index (κ3) is 5.45. The van der Waals surface area contributed by atoms with Crippen LogP contribution in [0.5, 0.6) is 0 Å². The lowest BCUT2D eigenvalue weighted by atomic mass is 9.67. The predicted molar refractivity (Wildman–Crippen MR) is 221 cm³/mol. The Balaban J connectivity index is 1.02. The monoisotopic (exact) mass is 682 g/mol. The van der Waals surface area contributed by atoms with Crippen molar-refractivity contribution in [1.82, 2.24) is 0 Å². The van der Waals surface area contributed by atoms with E-state index in [4.69, 9.17) is 5.73 Å². The molecular formula is C51H42N2. The second-order valence-corrected chi connectivity index (χ2v) is 14.8. The van der Waals surface area contributed by atoms with E-state index in [1.54, 1.807) is 5.57 Å². The number of rotatable bonds is 6. The van der Waals surface area contributed by atoms with Gasteiger partial charge in [0.15, 0.2) is 0 Å². The zero-order valence-corrected chi connectivity index (χ0v) is 29.8. The first-order valence-corrected chi connectivity index (χ1v) is 19.1. The summed E-state index contributed by atoms with van der Waals surface area (Å²) >= 11 is 0. The van der Waals surface area contributed by atoms with Crippen molar-refractivity contribution >= 4 is 33.3 Å². The van der Waals surface area contributed by atoms with Gasteiger partial charge in [0.2, 0.25) is 0 Å². The summed E-state index contributed by atoms with van der Waals surface area (Å²) in [4.78, 5) is 2.59. The molecule has 0 saturated carbocycles. The lowest BCUT2D eigenvalue weighted by molar-refractivity contribution is 0.694. The van der Waals surface area contributed by atoms with E-state index in [0.717, 1.165) is 30.4 Å². The number of allylic oxidation sites excluding steroid dienone is 6. The first-order chi connectivity index (χ1) is 26.2. The molecule has 0 radical (unpaired) electrons. The van der Waals surface area contributed by atoms with Gasteiger partial charge in [-0.05, 0) is 86.7 Å². The van der Waals surface area contributed by atoms with Crippen molar-refractivity contribution < 1.29 is 0 Å². The van der Waals surface area contributed by atoms with Gasteiger partial charge < -0.3 is 10.6 Å². The van der Waals surface area contributed by atoms with Crippen molar-refractivity contribution in [3.63, 3.8) is 0 Å². The van der Waals surface area contributed by atoms with E-state index >= 15 is 0 Å². The highest BCUT2D eigenvalue weighted by Crippen LogP contribution is 2.57. The average Bonchev–Trinajstić information content (AvgIpc) is 3.58. The van der Waals surface area contributed by atoms with Gasteiger partial charge in [-0.25, -0.2) is 0 Å². The molecule has 2 nitrogen and oxygen atoms in total. The Bertz CT molecular complexity index is 2630. The second-order valence-electron chi connectivity index (χ2n) is 14.8. The van der Waals surface area contributed by atoms with Crippen LogP contribution in [0.15, 0.2) is 188 Å². The highest BCUT2D eigenvalue weighted by atomic mass is 15.2. The Hall–Kier alpha value is -5.96. The van der Waals surface area contributed by atoms with E-state index < -0.39 is 0 Å². The predicted octanol–water partition coefficient (Wildman–Crippen LogP) is 10.2. The minimum absolute atomic E-state index is 0.212. The highest BCUT2D eigenvalue weighted by molar-refractivity contribution is 5.96. The maximum Gasteiger partial charge on any atom is 0.0497 e. The van der Waals surface area contributed by atoms with Gasteiger partial charge in [0, 0.05) is 40.2 Å². The molecule has 6 aromatic carbocycles. The van der Waals surface area contributed by atoms with E-state index in [2.05, 4.69) is 181 Å². The van der Waals surface area contributed by atoms with E-state index in [-0.39, 0.29) is 17.9 Å². The maximum absolute atomic E-state index is 6.82. The van der Waals surface area contributed by atoms with Crippen LogP contribution in [-0.2, 0) is 6.42 Å². The summed E-state index contributed by atoms with van der Waals surface area (Å²) in [5.41, 5.74) is 20.3. The number of aryl methyl sites for hydroxylation is 1. The second kappa shape index (κ2) is 13.2. The van der Waals surface area contributed by atoms with Crippen molar-refractivity contribution in [3.8, 4) is 0 Å². The Morgan fingerprint density at radius 1 is 0.679 bits per heavy atom. The molecule has 4 atom stereocenters. The molecule has 4 aliphatic rings. The van der Waals surface area contributed by atoms with Crippen molar-refractivity contribution in [2.45, 2.75) is 37.1 Å². The van der Waals surface area contributed by atoms with Gasteiger partial charge >= 0.3 is 0 Å². The van der Waals surface area contributed by atoms with Crippen molar-refractivity contribution in [3.05, 3.63) is 226 Å². The number of hydrogen-bond donors (Lipinski definition) is 1. The average molecular weight is 683 g/mol. The first-order valence-electron chi connectivity index (χ1n) is 19.1. The molecule has 10 rings (SSSR count). The highest BCUT2D eigenvalue weighted by Gasteiger charge is 2.45. The molecule has 256 valence electrons. The van der Waals surface area contributed by atoms with Gasteiger partial charge in [-0.2, -0.15) is 0 Å². The quantitative estimate of drug-likeness (QED) is 0.177. The zero-order chi connectivity index (χ0) is 35.3. The van der Waals surface area contributed by atoms with Crippen LogP contribution in [0.1, 0.15) is 58.5 Å². The third-order valence-electron chi connectivity index (χ3n) is 11.9. The number of benzene rings is 6. The summed E-state index contributed by atoms with van der Waals surface area (Å²) in [5.74, 6) is 0.903. The smallest absolute Gasteiger partial charge is 0.0497 e. The molecule has 53 heavy (non-hydrogen) atoms. The van der Waals surface area contributed by atoms with Crippen molar-refractivity contribution in [1.29, 1.82) is 0 Å². The van der Waals surface area contributed by atoms with Gasteiger partial charge in [-0.15, -0.1) is 0 Å². The minimum atomic E-state index is -0.212. The fourth-order valence-electron chi connectivity index (χ4n) is 9.46.